The van der Waals surface area contributed by atoms with Crippen LogP contribution < -0.4 is 10.8 Å². The minimum absolute atomic E-state index is 0.299. The molecule has 0 saturated carbocycles. The van der Waals surface area contributed by atoms with Crippen molar-refractivity contribution in [2.75, 3.05) is 6.54 Å². The van der Waals surface area contributed by atoms with Crippen LogP contribution in [0.5, 0.6) is 0 Å². The van der Waals surface area contributed by atoms with E-state index in [4.69, 9.17) is 9.31 Å². The van der Waals surface area contributed by atoms with E-state index in [2.05, 4.69) is 41.7 Å². The van der Waals surface area contributed by atoms with Crippen LogP contribution in [0.15, 0.2) is 48.5 Å². The second-order valence-corrected chi connectivity index (χ2v) is 9.60. The number of amides is 1. The molecule has 2 N–H and O–H groups in total. The molecule has 0 bridgehead atoms. The van der Waals surface area contributed by atoms with Crippen LogP contribution in [0, 0.1) is 0 Å². The van der Waals surface area contributed by atoms with Crippen molar-refractivity contribution in [3.8, 4) is 0 Å². The van der Waals surface area contributed by atoms with Crippen LogP contribution in [0.25, 0.3) is 0 Å². The summed E-state index contributed by atoms with van der Waals surface area (Å²) in [7, 11) is -0.435. The summed E-state index contributed by atoms with van der Waals surface area (Å²) >= 11 is 0. The third-order valence-electron chi connectivity index (χ3n) is 7.12. The number of hydrogen-bond donors (Lipinski definition) is 2. The van der Waals surface area contributed by atoms with Gasteiger partial charge in [-0.25, -0.2) is 4.79 Å². The molecule has 0 aromatic heterocycles. The van der Waals surface area contributed by atoms with Crippen molar-refractivity contribution in [3.05, 3.63) is 65.2 Å². The molecule has 0 spiro atoms. The van der Waals surface area contributed by atoms with E-state index in [1.807, 2.05) is 39.8 Å². The van der Waals surface area contributed by atoms with Gasteiger partial charge in [0.05, 0.1) is 11.2 Å². The maximum atomic E-state index is 11.3. The Labute approximate surface area is 178 Å². The van der Waals surface area contributed by atoms with Crippen LogP contribution in [0.1, 0.15) is 50.8 Å². The number of carboxylic acid groups (broad SMARTS) is 1. The van der Waals surface area contributed by atoms with Crippen molar-refractivity contribution < 1.29 is 19.2 Å². The first-order valence-electron chi connectivity index (χ1n) is 10.6. The molecule has 158 valence electrons. The van der Waals surface area contributed by atoms with Crippen LogP contribution in [0.4, 0.5) is 4.79 Å². The lowest BCUT2D eigenvalue weighted by atomic mass is 9.66. The summed E-state index contributed by atoms with van der Waals surface area (Å²) < 4.78 is 12.5. The van der Waals surface area contributed by atoms with Gasteiger partial charge in [0, 0.05) is 12.0 Å². The van der Waals surface area contributed by atoms with Gasteiger partial charge in [0.2, 0.25) is 0 Å². The summed E-state index contributed by atoms with van der Waals surface area (Å²) in [6, 6.07) is 16.7. The van der Waals surface area contributed by atoms with Gasteiger partial charge in [-0.2, -0.15) is 0 Å². The summed E-state index contributed by atoms with van der Waals surface area (Å²) in [5.74, 6) is 0. The lowest BCUT2D eigenvalue weighted by molar-refractivity contribution is 0.00578. The molecule has 30 heavy (non-hydrogen) atoms. The van der Waals surface area contributed by atoms with Crippen LogP contribution >= 0.6 is 0 Å². The number of rotatable bonds is 4. The number of hydrogen-bond acceptors (Lipinski definition) is 3. The third-order valence-corrected chi connectivity index (χ3v) is 7.12. The number of nitrogens with one attached hydrogen (secondary N) is 1. The summed E-state index contributed by atoms with van der Waals surface area (Å²) in [5.41, 5.74) is 3.63. The normalized spacial score (nSPS) is 24.3. The van der Waals surface area contributed by atoms with Crippen molar-refractivity contribution >= 4 is 18.7 Å². The minimum atomic E-state index is -0.990. The average Bonchev–Trinajstić information content (AvgIpc) is 2.93. The van der Waals surface area contributed by atoms with E-state index in [0.717, 1.165) is 30.3 Å². The van der Waals surface area contributed by atoms with Gasteiger partial charge in [0.25, 0.3) is 0 Å². The second kappa shape index (κ2) is 7.43. The topological polar surface area (TPSA) is 67.8 Å². The first kappa shape index (κ1) is 20.9. The largest absolute Gasteiger partial charge is 0.494 e. The first-order chi connectivity index (χ1) is 14.1. The molecule has 1 aliphatic carbocycles. The Balaban J connectivity index is 1.69. The van der Waals surface area contributed by atoms with E-state index in [-0.39, 0.29) is 5.41 Å². The fourth-order valence-corrected chi connectivity index (χ4v) is 4.54. The Morgan fingerprint density at radius 3 is 2.37 bits per heavy atom. The Morgan fingerprint density at radius 2 is 1.70 bits per heavy atom. The monoisotopic (exact) mass is 407 g/mol. The number of aryl methyl sites for hydroxylation is 1. The molecule has 1 fully saturated rings. The number of carbonyl (C=O) groups is 1. The van der Waals surface area contributed by atoms with E-state index in [1.165, 1.54) is 11.1 Å². The van der Waals surface area contributed by atoms with E-state index >= 15 is 0 Å². The van der Waals surface area contributed by atoms with Crippen LogP contribution in [-0.2, 0) is 27.6 Å². The maximum Gasteiger partial charge on any atom is 0.494 e. The lowest BCUT2D eigenvalue weighted by Crippen LogP contribution is -2.45. The zero-order valence-electron chi connectivity index (χ0n) is 18.2. The fraction of sp³-hybridized carbons (Fsp3) is 0.458. The third kappa shape index (κ3) is 3.74. The van der Waals surface area contributed by atoms with Gasteiger partial charge in [-0.15, -0.1) is 0 Å². The molecule has 5 nitrogen and oxygen atoms in total. The molecule has 1 saturated heterocycles. The van der Waals surface area contributed by atoms with Gasteiger partial charge >= 0.3 is 13.2 Å². The Kier molecular flexibility index (Phi) is 5.19. The predicted molar refractivity (Wildman–Crippen MR) is 118 cm³/mol. The van der Waals surface area contributed by atoms with Crippen molar-refractivity contribution in [3.63, 3.8) is 0 Å². The molecule has 1 unspecified atom stereocenters. The molecule has 1 amide bonds. The molecular weight excluding hydrogens is 377 g/mol. The van der Waals surface area contributed by atoms with E-state index in [9.17, 15) is 9.90 Å². The van der Waals surface area contributed by atoms with Crippen LogP contribution in [0.2, 0.25) is 0 Å². The summed E-state index contributed by atoms with van der Waals surface area (Å²) in [6.07, 6.45) is 1.63. The smallest absolute Gasteiger partial charge is 0.465 e. The molecule has 1 aliphatic heterocycles. The average molecular weight is 407 g/mol. The highest BCUT2D eigenvalue weighted by Gasteiger charge is 2.52. The highest BCUT2D eigenvalue weighted by Crippen LogP contribution is 2.39. The summed E-state index contributed by atoms with van der Waals surface area (Å²) in [6.45, 7) is 8.57. The van der Waals surface area contributed by atoms with E-state index in [0.29, 0.717) is 6.54 Å². The van der Waals surface area contributed by atoms with Gasteiger partial charge in [0.15, 0.2) is 0 Å². The van der Waals surface area contributed by atoms with Crippen molar-refractivity contribution in [1.29, 1.82) is 0 Å². The highest BCUT2D eigenvalue weighted by atomic mass is 16.7. The second-order valence-electron chi connectivity index (χ2n) is 9.60. The zero-order valence-corrected chi connectivity index (χ0v) is 18.2. The molecule has 6 heteroatoms. The highest BCUT2D eigenvalue weighted by molar-refractivity contribution is 6.62. The molecule has 1 atom stereocenters. The predicted octanol–water partition coefficient (Wildman–Crippen LogP) is 3.68. The van der Waals surface area contributed by atoms with E-state index < -0.39 is 24.4 Å². The number of benzene rings is 2. The van der Waals surface area contributed by atoms with E-state index in [1.54, 1.807) is 0 Å². The SMILES string of the molecule is CC1(C)OB(c2cccc(C3(CNC(=O)O)CCc4ccccc4C3)c2)OC1(C)C. The van der Waals surface area contributed by atoms with Gasteiger partial charge in [-0.3, -0.25) is 0 Å². The van der Waals surface area contributed by atoms with Gasteiger partial charge < -0.3 is 19.7 Å². The minimum Gasteiger partial charge on any atom is -0.465 e. The maximum absolute atomic E-state index is 11.3. The fourth-order valence-electron chi connectivity index (χ4n) is 4.54. The van der Waals surface area contributed by atoms with Crippen LogP contribution in [0.3, 0.4) is 0 Å². The Hall–Kier alpha value is -2.31. The molecule has 2 aromatic carbocycles. The quantitative estimate of drug-likeness (QED) is 0.759. The first-order valence-corrected chi connectivity index (χ1v) is 10.6. The van der Waals surface area contributed by atoms with Crippen molar-refractivity contribution in [2.45, 2.75) is 63.6 Å². The molecular formula is C24H30BNO4. The molecule has 1 heterocycles. The molecule has 2 aromatic rings. The summed E-state index contributed by atoms with van der Waals surface area (Å²) in [4.78, 5) is 11.3. The van der Waals surface area contributed by atoms with Crippen LogP contribution in [-0.4, -0.2) is 36.1 Å². The molecule has 4 rings (SSSR count). The molecule has 0 radical (unpaired) electrons. The summed E-state index contributed by atoms with van der Waals surface area (Å²) in [5, 5.41) is 11.9. The van der Waals surface area contributed by atoms with Crippen molar-refractivity contribution in [2.24, 2.45) is 0 Å². The lowest BCUT2D eigenvalue weighted by Gasteiger charge is -2.39. The van der Waals surface area contributed by atoms with Gasteiger partial charge in [-0.1, -0.05) is 48.5 Å². The Bertz CT molecular complexity index is 942. The Morgan fingerprint density at radius 1 is 1.03 bits per heavy atom. The van der Waals surface area contributed by atoms with Gasteiger partial charge in [0.1, 0.15) is 0 Å². The van der Waals surface area contributed by atoms with Crippen molar-refractivity contribution in [1.82, 2.24) is 5.32 Å². The zero-order chi connectivity index (χ0) is 21.6. The molecule has 2 aliphatic rings. The number of fused-ring (bicyclic) bond motifs is 1. The standard InChI is InChI=1S/C24H30BNO4/c1-22(2)23(3,4)30-25(29-22)20-11-7-10-19(14-20)24(16-26-21(27)28)13-12-17-8-5-6-9-18(17)15-24/h5-11,14,26H,12-13,15-16H2,1-4H3,(H,27,28). The van der Waals surface area contributed by atoms with Gasteiger partial charge in [-0.05, 0) is 69.1 Å².